The van der Waals surface area contributed by atoms with Crippen molar-refractivity contribution in [2.45, 2.75) is 18.7 Å². The van der Waals surface area contributed by atoms with E-state index in [9.17, 15) is 18.0 Å². The molecule has 0 aliphatic heterocycles. The molecule has 8 nitrogen and oxygen atoms in total. The SMILES string of the molecule is CCOc1ccc(NC(=O)COC(=O)c2cccc(S(C)(=O)=O)c2)cc1OCC. The van der Waals surface area contributed by atoms with Gasteiger partial charge >= 0.3 is 5.97 Å². The van der Waals surface area contributed by atoms with Gasteiger partial charge in [-0.15, -0.1) is 0 Å². The van der Waals surface area contributed by atoms with Crippen molar-refractivity contribution in [3.63, 3.8) is 0 Å². The van der Waals surface area contributed by atoms with Crippen LogP contribution in [-0.2, 0) is 19.4 Å². The molecule has 0 fully saturated rings. The molecule has 0 aliphatic carbocycles. The largest absolute Gasteiger partial charge is 0.490 e. The van der Waals surface area contributed by atoms with Crippen LogP contribution in [0.4, 0.5) is 5.69 Å². The first-order valence-corrected chi connectivity index (χ1v) is 10.8. The van der Waals surface area contributed by atoms with Gasteiger partial charge in [0.1, 0.15) is 0 Å². The van der Waals surface area contributed by atoms with E-state index in [1.54, 1.807) is 18.2 Å². The molecule has 2 aromatic carbocycles. The monoisotopic (exact) mass is 421 g/mol. The smallest absolute Gasteiger partial charge is 0.338 e. The Bertz CT molecular complexity index is 986. The summed E-state index contributed by atoms with van der Waals surface area (Å²) >= 11 is 0. The summed E-state index contributed by atoms with van der Waals surface area (Å²) in [6, 6.07) is 10.4. The van der Waals surface area contributed by atoms with Gasteiger partial charge in [-0.05, 0) is 44.2 Å². The lowest BCUT2D eigenvalue weighted by Gasteiger charge is -2.13. The van der Waals surface area contributed by atoms with Crippen LogP contribution in [-0.4, -0.2) is 46.4 Å². The number of ether oxygens (including phenoxy) is 3. The molecule has 1 amide bonds. The van der Waals surface area contributed by atoms with Crippen LogP contribution in [0.15, 0.2) is 47.4 Å². The number of sulfone groups is 1. The predicted octanol–water partition coefficient (Wildman–Crippen LogP) is 2.68. The molecular formula is C20H23NO7S. The Hall–Kier alpha value is -3.07. The minimum absolute atomic E-state index is 0.00533. The molecule has 1 N–H and O–H groups in total. The molecule has 0 aromatic heterocycles. The van der Waals surface area contributed by atoms with Gasteiger partial charge in [0, 0.05) is 18.0 Å². The fraction of sp³-hybridized carbons (Fsp3) is 0.300. The van der Waals surface area contributed by atoms with Crippen LogP contribution >= 0.6 is 0 Å². The van der Waals surface area contributed by atoms with E-state index in [2.05, 4.69) is 5.32 Å². The standard InChI is InChI=1S/C20H23NO7S/c1-4-26-17-10-9-15(12-18(17)27-5-2)21-19(22)13-28-20(23)14-7-6-8-16(11-14)29(3,24)25/h6-12H,4-5,13H2,1-3H3,(H,21,22). The highest BCUT2D eigenvalue weighted by Gasteiger charge is 2.15. The molecule has 0 spiro atoms. The van der Waals surface area contributed by atoms with Gasteiger partial charge in [0.05, 0.1) is 23.7 Å². The van der Waals surface area contributed by atoms with Crippen molar-refractivity contribution in [1.29, 1.82) is 0 Å². The molecule has 0 radical (unpaired) electrons. The Balaban J connectivity index is 1.99. The number of nitrogens with one attached hydrogen (secondary N) is 1. The maximum Gasteiger partial charge on any atom is 0.338 e. The van der Waals surface area contributed by atoms with Crippen LogP contribution in [0.3, 0.4) is 0 Å². The number of hydrogen-bond donors (Lipinski definition) is 1. The second-order valence-electron chi connectivity index (χ2n) is 5.95. The minimum atomic E-state index is -3.46. The maximum atomic E-state index is 12.1. The Kier molecular flexibility index (Phi) is 7.60. The second-order valence-corrected chi connectivity index (χ2v) is 7.97. The third kappa shape index (κ3) is 6.49. The average molecular weight is 421 g/mol. The zero-order valence-electron chi connectivity index (χ0n) is 16.4. The summed E-state index contributed by atoms with van der Waals surface area (Å²) in [5.41, 5.74) is 0.498. The zero-order chi connectivity index (χ0) is 21.4. The van der Waals surface area contributed by atoms with Gasteiger partial charge in [0.15, 0.2) is 27.9 Å². The quantitative estimate of drug-likeness (QED) is 0.620. The van der Waals surface area contributed by atoms with Crippen LogP contribution in [0.5, 0.6) is 11.5 Å². The van der Waals surface area contributed by atoms with Crippen LogP contribution in [0, 0.1) is 0 Å². The molecule has 2 rings (SSSR count). The summed E-state index contributed by atoms with van der Waals surface area (Å²) in [5, 5.41) is 2.60. The van der Waals surface area contributed by atoms with E-state index in [4.69, 9.17) is 14.2 Å². The van der Waals surface area contributed by atoms with Crippen molar-refractivity contribution in [2.24, 2.45) is 0 Å². The van der Waals surface area contributed by atoms with Gasteiger partial charge in [-0.25, -0.2) is 13.2 Å². The van der Waals surface area contributed by atoms with Crippen LogP contribution < -0.4 is 14.8 Å². The van der Waals surface area contributed by atoms with E-state index in [-0.39, 0.29) is 10.5 Å². The van der Waals surface area contributed by atoms with Gasteiger partial charge in [-0.1, -0.05) is 6.07 Å². The van der Waals surface area contributed by atoms with Gasteiger partial charge < -0.3 is 19.5 Å². The number of esters is 1. The molecule has 156 valence electrons. The minimum Gasteiger partial charge on any atom is -0.490 e. The lowest BCUT2D eigenvalue weighted by Crippen LogP contribution is -2.21. The Morgan fingerprint density at radius 2 is 1.66 bits per heavy atom. The fourth-order valence-electron chi connectivity index (χ4n) is 2.39. The van der Waals surface area contributed by atoms with Gasteiger partial charge in [0.2, 0.25) is 0 Å². The van der Waals surface area contributed by atoms with Gasteiger partial charge in [-0.3, -0.25) is 4.79 Å². The summed E-state index contributed by atoms with van der Waals surface area (Å²) in [5.74, 6) is -0.303. The summed E-state index contributed by atoms with van der Waals surface area (Å²) in [6.45, 7) is 4.06. The first-order valence-electron chi connectivity index (χ1n) is 8.91. The fourth-order valence-corrected chi connectivity index (χ4v) is 3.06. The van der Waals surface area contributed by atoms with Gasteiger partial charge in [0.25, 0.3) is 5.91 Å². The number of carbonyl (C=O) groups is 2. The normalized spacial score (nSPS) is 10.9. The van der Waals surface area contributed by atoms with Crippen molar-refractivity contribution >= 4 is 27.4 Å². The van der Waals surface area contributed by atoms with E-state index in [1.807, 2.05) is 13.8 Å². The van der Waals surface area contributed by atoms with Crippen molar-refractivity contribution < 1.29 is 32.2 Å². The second kappa shape index (κ2) is 9.92. The topological polar surface area (TPSA) is 108 Å². The molecule has 0 atom stereocenters. The highest BCUT2D eigenvalue weighted by Crippen LogP contribution is 2.30. The Labute approximate surface area is 169 Å². The Morgan fingerprint density at radius 1 is 0.966 bits per heavy atom. The molecule has 0 heterocycles. The van der Waals surface area contributed by atoms with E-state index < -0.39 is 28.3 Å². The molecule has 2 aromatic rings. The molecule has 0 saturated heterocycles. The zero-order valence-corrected chi connectivity index (χ0v) is 17.2. The molecule has 0 unspecified atom stereocenters. The lowest BCUT2D eigenvalue weighted by molar-refractivity contribution is -0.119. The van der Waals surface area contributed by atoms with Crippen LogP contribution in [0.1, 0.15) is 24.2 Å². The first kappa shape index (κ1) is 22.2. The number of carbonyl (C=O) groups excluding carboxylic acids is 2. The summed E-state index contributed by atoms with van der Waals surface area (Å²) in [4.78, 5) is 24.2. The van der Waals surface area contributed by atoms with Crippen molar-refractivity contribution in [2.75, 3.05) is 31.4 Å². The highest BCUT2D eigenvalue weighted by molar-refractivity contribution is 7.90. The predicted molar refractivity (Wildman–Crippen MR) is 107 cm³/mol. The number of anilines is 1. The first-order chi connectivity index (χ1) is 13.7. The summed E-state index contributed by atoms with van der Waals surface area (Å²) < 4.78 is 39.1. The number of amides is 1. The third-order valence-corrected chi connectivity index (χ3v) is 4.77. The molecule has 9 heteroatoms. The third-order valence-electron chi connectivity index (χ3n) is 3.66. The molecular weight excluding hydrogens is 398 g/mol. The van der Waals surface area contributed by atoms with E-state index >= 15 is 0 Å². The summed E-state index contributed by atoms with van der Waals surface area (Å²) in [6.07, 6.45) is 1.04. The van der Waals surface area contributed by atoms with Crippen molar-refractivity contribution in [1.82, 2.24) is 0 Å². The van der Waals surface area contributed by atoms with Crippen LogP contribution in [0.2, 0.25) is 0 Å². The number of hydrogen-bond acceptors (Lipinski definition) is 7. The maximum absolute atomic E-state index is 12.1. The summed E-state index contributed by atoms with van der Waals surface area (Å²) in [7, 11) is -3.46. The van der Waals surface area contributed by atoms with E-state index in [0.29, 0.717) is 30.4 Å². The average Bonchev–Trinajstić information content (AvgIpc) is 2.68. The van der Waals surface area contributed by atoms with E-state index in [1.165, 1.54) is 24.3 Å². The van der Waals surface area contributed by atoms with Crippen molar-refractivity contribution in [3.8, 4) is 11.5 Å². The number of benzene rings is 2. The molecule has 29 heavy (non-hydrogen) atoms. The van der Waals surface area contributed by atoms with Crippen molar-refractivity contribution in [3.05, 3.63) is 48.0 Å². The van der Waals surface area contributed by atoms with Crippen LogP contribution in [0.25, 0.3) is 0 Å². The highest BCUT2D eigenvalue weighted by atomic mass is 32.2. The molecule has 0 bridgehead atoms. The number of rotatable bonds is 9. The lowest BCUT2D eigenvalue weighted by atomic mass is 10.2. The van der Waals surface area contributed by atoms with E-state index in [0.717, 1.165) is 6.26 Å². The van der Waals surface area contributed by atoms with Gasteiger partial charge in [-0.2, -0.15) is 0 Å². The Morgan fingerprint density at radius 3 is 2.31 bits per heavy atom. The molecule has 0 aliphatic rings. The molecule has 0 saturated carbocycles.